The van der Waals surface area contributed by atoms with Crippen molar-refractivity contribution in [2.24, 2.45) is 0 Å². The quantitative estimate of drug-likeness (QED) is 0.0425. The fraction of sp³-hybridized carbons (Fsp3) is 0.827. The van der Waals surface area contributed by atoms with E-state index in [-0.39, 0.29) is 12.5 Å². The molecule has 2 unspecified atom stereocenters. The van der Waals surface area contributed by atoms with Gasteiger partial charge in [0.1, 0.15) is 0 Å². The Kier molecular flexibility index (Phi) is 46.3. The summed E-state index contributed by atoms with van der Waals surface area (Å²) in [6.45, 7) is 4.28. The maximum atomic E-state index is 12.4. The van der Waals surface area contributed by atoms with Gasteiger partial charge in [-0.3, -0.25) is 4.79 Å². The lowest BCUT2D eigenvalue weighted by molar-refractivity contribution is -0.123. The Morgan fingerprint density at radius 2 is 0.750 bits per heavy atom. The maximum absolute atomic E-state index is 12.4. The number of aliphatic hydroxyl groups is 2. The number of allylic oxidation sites excluding steroid dienone is 7. The highest BCUT2D eigenvalue weighted by molar-refractivity contribution is 5.76. The van der Waals surface area contributed by atoms with Crippen molar-refractivity contribution in [3.8, 4) is 0 Å². The number of unbranched alkanes of at least 4 members (excludes halogenated alkanes) is 32. The number of hydrogen-bond donors (Lipinski definition) is 3. The van der Waals surface area contributed by atoms with E-state index in [2.05, 4.69) is 55.6 Å². The molecule has 0 aromatic heterocycles. The van der Waals surface area contributed by atoms with E-state index in [9.17, 15) is 15.0 Å². The number of aliphatic hydroxyl groups excluding tert-OH is 2. The van der Waals surface area contributed by atoms with Crippen LogP contribution in [0.5, 0.6) is 0 Å². The Morgan fingerprint density at radius 1 is 0.429 bits per heavy atom. The topological polar surface area (TPSA) is 69.6 Å². The molecule has 0 fully saturated rings. The molecule has 0 aliphatic rings. The van der Waals surface area contributed by atoms with Gasteiger partial charge in [0.25, 0.3) is 0 Å². The summed E-state index contributed by atoms with van der Waals surface area (Å²) in [6, 6.07) is -0.644. The van der Waals surface area contributed by atoms with Crippen LogP contribution in [0.4, 0.5) is 0 Å². The van der Waals surface area contributed by atoms with Gasteiger partial charge in [-0.2, -0.15) is 0 Å². The molecule has 0 saturated heterocycles. The number of nitrogens with one attached hydrogen (secondary N) is 1. The first-order valence-electron chi connectivity index (χ1n) is 24.9. The average molecular weight is 784 g/mol. The van der Waals surface area contributed by atoms with Crippen molar-refractivity contribution in [1.29, 1.82) is 0 Å². The van der Waals surface area contributed by atoms with Crippen molar-refractivity contribution < 1.29 is 15.0 Å². The number of hydrogen-bond acceptors (Lipinski definition) is 3. The fourth-order valence-corrected chi connectivity index (χ4v) is 7.46. The Balaban J connectivity index is 3.56. The molecule has 0 aliphatic heterocycles. The van der Waals surface area contributed by atoms with Gasteiger partial charge in [-0.1, -0.05) is 236 Å². The molecule has 56 heavy (non-hydrogen) atoms. The molecular formula is C52H97NO3. The van der Waals surface area contributed by atoms with Gasteiger partial charge in [0.05, 0.1) is 18.8 Å². The normalized spacial score (nSPS) is 13.3. The third-order valence-corrected chi connectivity index (χ3v) is 11.3. The molecule has 328 valence electrons. The van der Waals surface area contributed by atoms with Crippen molar-refractivity contribution in [2.45, 2.75) is 270 Å². The molecule has 0 aromatic carbocycles. The van der Waals surface area contributed by atoms with Gasteiger partial charge >= 0.3 is 0 Å². The summed E-state index contributed by atoms with van der Waals surface area (Å²) in [4.78, 5) is 12.4. The minimum absolute atomic E-state index is 0.0813. The summed E-state index contributed by atoms with van der Waals surface area (Å²) in [6.07, 6.45) is 65.3. The van der Waals surface area contributed by atoms with Crippen LogP contribution < -0.4 is 5.32 Å². The van der Waals surface area contributed by atoms with E-state index < -0.39 is 12.1 Å². The van der Waals surface area contributed by atoms with Crippen LogP contribution in [-0.2, 0) is 4.79 Å². The summed E-state index contributed by atoms with van der Waals surface area (Å²) < 4.78 is 0. The van der Waals surface area contributed by atoms with Crippen LogP contribution in [0.1, 0.15) is 258 Å². The molecule has 0 aromatic rings. The van der Waals surface area contributed by atoms with Crippen molar-refractivity contribution in [1.82, 2.24) is 5.32 Å². The van der Waals surface area contributed by atoms with Gasteiger partial charge in [-0.25, -0.2) is 0 Å². The van der Waals surface area contributed by atoms with Gasteiger partial charge < -0.3 is 15.5 Å². The summed E-state index contributed by atoms with van der Waals surface area (Å²) in [7, 11) is 0. The molecule has 0 spiro atoms. The highest BCUT2D eigenvalue weighted by atomic mass is 16.3. The van der Waals surface area contributed by atoms with Crippen LogP contribution in [0.3, 0.4) is 0 Å². The molecule has 0 radical (unpaired) electrons. The fourth-order valence-electron chi connectivity index (χ4n) is 7.46. The average Bonchev–Trinajstić information content (AvgIpc) is 3.20. The highest BCUT2D eigenvalue weighted by Crippen LogP contribution is 2.16. The molecule has 0 bridgehead atoms. The van der Waals surface area contributed by atoms with Crippen molar-refractivity contribution in [3.05, 3.63) is 48.6 Å². The third kappa shape index (κ3) is 43.5. The van der Waals surface area contributed by atoms with Crippen molar-refractivity contribution in [3.63, 3.8) is 0 Å². The zero-order valence-electron chi connectivity index (χ0n) is 37.7. The summed E-state index contributed by atoms with van der Waals surface area (Å²) in [5.74, 6) is -0.0813. The van der Waals surface area contributed by atoms with Crippen LogP contribution in [0.15, 0.2) is 48.6 Å². The number of carbonyl (C=O) groups is 1. The molecule has 0 aliphatic carbocycles. The Labute approximate surface area is 350 Å². The first-order valence-corrected chi connectivity index (χ1v) is 24.9. The second kappa shape index (κ2) is 47.7. The molecule has 3 N–H and O–H groups in total. The number of amides is 1. The molecular weight excluding hydrogens is 687 g/mol. The minimum Gasteiger partial charge on any atom is -0.394 e. The van der Waals surface area contributed by atoms with E-state index in [1.54, 1.807) is 6.08 Å². The van der Waals surface area contributed by atoms with Gasteiger partial charge in [0, 0.05) is 6.42 Å². The third-order valence-electron chi connectivity index (χ3n) is 11.3. The zero-order valence-corrected chi connectivity index (χ0v) is 37.7. The second-order valence-electron chi connectivity index (χ2n) is 16.9. The van der Waals surface area contributed by atoms with Gasteiger partial charge in [0.15, 0.2) is 0 Å². The SMILES string of the molecule is CCCCC/C=C\C/C=C\CCCCCCCCCC(=O)NC(CO)C(O)/C=C/CC/C=C/CCCCCCCCCCCCCCCCCCCCCCC. The summed E-state index contributed by atoms with van der Waals surface area (Å²) in [5.41, 5.74) is 0. The van der Waals surface area contributed by atoms with Gasteiger partial charge in [0.2, 0.25) is 5.91 Å². The van der Waals surface area contributed by atoms with E-state index in [1.165, 1.54) is 193 Å². The zero-order chi connectivity index (χ0) is 40.7. The Bertz CT molecular complexity index is 893. The first kappa shape index (κ1) is 54.3. The Hall–Kier alpha value is -1.65. The van der Waals surface area contributed by atoms with E-state index >= 15 is 0 Å². The summed E-state index contributed by atoms with van der Waals surface area (Å²) in [5, 5.41) is 23.1. The highest BCUT2D eigenvalue weighted by Gasteiger charge is 2.17. The van der Waals surface area contributed by atoms with Crippen molar-refractivity contribution >= 4 is 5.91 Å². The monoisotopic (exact) mass is 784 g/mol. The van der Waals surface area contributed by atoms with E-state index in [4.69, 9.17) is 0 Å². The van der Waals surface area contributed by atoms with Crippen LogP contribution in [0.2, 0.25) is 0 Å². The lowest BCUT2D eigenvalue weighted by atomic mass is 10.0. The Morgan fingerprint density at radius 3 is 1.18 bits per heavy atom. The molecule has 0 saturated carbocycles. The van der Waals surface area contributed by atoms with Crippen LogP contribution in [0, 0.1) is 0 Å². The first-order chi connectivity index (χ1) is 27.7. The van der Waals surface area contributed by atoms with Gasteiger partial charge in [-0.15, -0.1) is 0 Å². The summed E-state index contributed by atoms with van der Waals surface area (Å²) >= 11 is 0. The molecule has 0 heterocycles. The standard InChI is InChI=1S/C52H97NO3/c1-3-5-7-9-11-13-15-17-19-21-22-23-24-25-26-27-28-29-30-32-33-35-37-39-41-43-45-47-51(55)50(49-54)53-52(56)48-46-44-42-40-38-36-34-31-20-18-16-14-12-10-8-6-4-2/h12,14,18,20,37,39,45,47,50-51,54-55H,3-11,13,15-17,19,21-36,38,40-44,46,48-49H2,1-2H3,(H,53,56)/b14-12-,20-18-,39-37+,47-45+. The molecule has 1 amide bonds. The van der Waals surface area contributed by atoms with Crippen LogP contribution >= 0.6 is 0 Å². The lowest BCUT2D eigenvalue weighted by Gasteiger charge is -2.19. The van der Waals surface area contributed by atoms with E-state index in [0.717, 1.165) is 44.9 Å². The maximum Gasteiger partial charge on any atom is 0.220 e. The van der Waals surface area contributed by atoms with Crippen molar-refractivity contribution in [2.75, 3.05) is 6.61 Å². The molecule has 2 atom stereocenters. The van der Waals surface area contributed by atoms with E-state index in [0.29, 0.717) is 6.42 Å². The van der Waals surface area contributed by atoms with Crippen LogP contribution in [0.25, 0.3) is 0 Å². The van der Waals surface area contributed by atoms with E-state index in [1.807, 2.05) is 6.08 Å². The van der Waals surface area contributed by atoms with Gasteiger partial charge in [-0.05, 0) is 64.2 Å². The van der Waals surface area contributed by atoms with Crippen LogP contribution in [-0.4, -0.2) is 34.9 Å². The molecule has 0 rings (SSSR count). The molecule has 4 heteroatoms. The second-order valence-corrected chi connectivity index (χ2v) is 16.9. The number of rotatable bonds is 45. The minimum atomic E-state index is -0.867. The number of carbonyl (C=O) groups excluding carboxylic acids is 1. The predicted molar refractivity (Wildman–Crippen MR) is 248 cm³/mol. The largest absolute Gasteiger partial charge is 0.394 e. The molecule has 4 nitrogen and oxygen atoms in total. The predicted octanol–water partition coefficient (Wildman–Crippen LogP) is 15.9. The smallest absolute Gasteiger partial charge is 0.220 e. The lowest BCUT2D eigenvalue weighted by Crippen LogP contribution is -2.45.